The molecule has 0 rings (SSSR count). The molecule has 0 atom stereocenters. The molecule has 0 spiro atoms. The summed E-state index contributed by atoms with van der Waals surface area (Å²) in [5.74, 6) is -2.70. The SMILES string of the molecule is CC/C=C(F)\C(O)=C(/C)F. The summed E-state index contributed by atoms with van der Waals surface area (Å²) in [4.78, 5) is 0. The van der Waals surface area contributed by atoms with Crippen molar-refractivity contribution in [1.29, 1.82) is 0 Å². The molecule has 0 aliphatic rings. The molecular formula is C7H10F2O. The van der Waals surface area contributed by atoms with Gasteiger partial charge in [0.2, 0.25) is 0 Å². The van der Waals surface area contributed by atoms with Crippen LogP contribution in [0, 0.1) is 0 Å². The van der Waals surface area contributed by atoms with E-state index in [0.717, 1.165) is 13.0 Å². The van der Waals surface area contributed by atoms with E-state index >= 15 is 0 Å². The number of hydrogen-bond acceptors (Lipinski definition) is 1. The highest BCUT2D eigenvalue weighted by Gasteiger charge is 2.04. The van der Waals surface area contributed by atoms with Crippen LogP contribution >= 0.6 is 0 Å². The molecular weight excluding hydrogens is 138 g/mol. The molecule has 0 aromatic rings. The van der Waals surface area contributed by atoms with Gasteiger partial charge in [0, 0.05) is 0 Å². The summed E-state index contributed by atoms with van der Waals surface area (Å²) < 4.78 is 24.4. The normalized spacial score (nSPS) is 15.0. The lowest BCUT2D eigenvalue weighted by molar-refractivity contribution is 0.361. The summed E-state index contributed by atoms with van der Waals surface area (Å²) in [5.41, 5.74) is 0. The van der Waals surface area contributed by atoms with Gasteiger partial charge in [-0.05, 0) is 19.4 Å². The first-order valence-corrected chi connectivity index (χ1v) is 3.01. The quantitative estimate of drug-likeness (QED) is 0.471. The number of rotatable bonds is 2. The van der Waals surface area contributed by atoms with Crippen molar-refractivity contribution in [3.63, 3.8) is 0 Å². The standard InChI is InChI=1S/C7H10F2O/c1-3-4-6(9)7(10)5(2)8/h4,10H,3H2,1-2H3/b6-4+,7-5-. The van der Waals surface area contributed by atoms with Gasteiger partial charge in [-0.1, -0.05) is 6.92 Å². The fourth-order valence-electron chi connectivity index (χ4n) is 0.440. The maximum atomic E-state index is 12.4. The third-order valence-electron chi connectivity index (χ3n) is 0.936. The van der Waals surface area contributed by atoms with E-state index in [1.807, 2.05) is 0 Å². The maximum absolute atomic E-state index is 12.4. The molecule has 58 valence electrons. The Morgan fingerprint density at radius 3 is 2.30 bits per heavy atom. The lowest BCUT2D eigenvalue weighted by Crippen LogP contribution is -1.83. The summed E-state index contributed by atoms with van der Waals surface area (Å²) in [6.45, 7) is 2.69. The van der Waals surface area contributed by atoms with Crippen molar-refractivity contribution in [3.05, 3.63) is 23.5 Å². The van der Waals surface area contributed by atoms with E-state index in [4.69, 9.17) is 5.11 Å². The Balaban J connectivity index is 4.36. The number of allylic oxidation sites excluding steroid dienone is 3. The lowest BCUT2D eigenvalue weighted by atomic mass is 10.3. The Hall–Kier alpha value is -0.860. The van der Waals surface area contributed by atoms with Gasteiger partial charge in [-0.25, -0.2) is 8.78 Å². The molecule has 0 saturated carbocycles. The molecule has 0 amide bonds. The van der Waals surface area contributed by atoms with Crippen LogP contribution in [0.25, 0.3) is 0 Å². The molecule has 0 aromatic carbocycles. The van der Waals surface area contributed by atoms with Gasteiger partial charge in [-0.3, -0.25) is 0 Å². The number of halogens is 2. The molecule has 1 N–H and O–H groups in total. The third-order valence-corrected chi connectivity index (χ3v) is 0.936. The van der Waals surface area contributed by atoms with Crippen LogP contribution < -0.4 is 0 Å². The second-order valence-corrected chi connectivity index (χ2v) is 1.84. The first kappa shape index (κ1) is 9.14. The van der Waals surface area contributed by atoms with E-state index in [0.29, 0.717) is 6.42 Å². The van der Waals surface area contributed by atoms with Crippen LogP contribution in [0.15, 0.2) is 23.5 Å². The highest BCUT2D eigenvalue weighted by molar-refractivity contribution is 5.19. The van der Waals surface area contributed by atoms with E-state index < -0.39 is 17.4 Å². The van der Waals surface area contributed by atoms with E-state index in [9.17, 15) is 8.78 Å². The molecule has 1 nitrogen and oxygen atoms in total. The van der Waals surface area contributed by atoms with Crippen LogP contribution in [-0.4, -0.2) is 5.11 Å². The monoisotopic (exact) mass is 148 g/mol. The van der Waals surface area contributed by atoms with Crippen molar-refractivity contribution >= 4 is 0 Å². The van der Waals surface area contributed by atoms with Crippen LogP contribution in [0.2, 0.25) is 0 Å². The van der Waals surface area contributed by atoms with Gasteiger partial charge in [0.1, 0.15) is 5.83 Å². The molecule has 0 aliphatic carbocycles. The summed E-state index contributed by atoms with van der Waals surface area (Å²) in [5, 5.41) is 8.59. The van der Waals surface area contributed by atoms with E-state index in [2.05, 4.69) is 0 Å². The van der Waals surface area contributed by atoms with E-state index in [1.54, 1.807) is 6.92 Å². The Kier molecular flexibility index (Phi) is 3.69. The van der Waals surface area contributed by atoms with Crippen LogP contribution in [0.4, 0.5) is 8.78 Å². The highest BCUT2D eigenvalue weighted by Crippen LogP contribution is 2.13. The molecule has 10 heavy (non-hydrogen) atoms. The van der Waals surface area contributed by atoms with Gasteiger partial charge in [0.05, 0.1) is 0 Å². The van der Waals surface area contributed by atoms with Crippen LogP contribution in [-0.2, 0) is 0 Å². The minimum absolute atomic E-state index is 0.434. The highest BCUT2D eigenvalue weighted by atomic mass is 19.1. The maximum Gasteiger partial charge on any atom is 0.182 e. The van der Waals surface area contributed by atoms with Gasteiger partial charge in [0.25, 0.3) is 0 Å². The zero-order valence-corrected chi connectivity index (χ0v) is 5.99. The number of aliphatic hydroxyl groups is 1. The zero-order valence-electron chi connectivity index (χ0n) is 5.99. The lowest BCUT2D eigenvalue weighted by Gasteiger charge is -1.94. The predicted octanol–water partition coefficient (Wildman–Crippen LogP) is 3.01. The predicted molar refractivity (Wildman–Crippen MR) is 35.9 cm³/mol. The topological polar surface area (TPSA) is 20.2 Å². The number of aliphatic hydroxyl groups excluding tert-OH is 1. The second-order valence-electron chi connectivity index (χ2n) is 1.84. The van der Waals surface area contributed by atoms with Gasteiger partial charge in [0.15, 0.2) is 11.6 Å². The average molecular weight is 148 g/mol. The molecule has 0 heterocycles. The van der Waals surface area contributed by atoms with Gasteiger partial charge >= 0.3 is 0 Å². The fourth-order valence-corrected chi connectivity index (χ4v) is 0.440. The Morgan fingerprint density at radius 1 is 1.50 bits per heavy atom. The molecule has 0 radical (unpaired) electrons. The van der Waals surface area contributed by atoms with E-state index in [1.165, 1.54) is 0 Å². The minimum Gasteiger partial charge on any atom is -0.503 e. The minimum atomic E-state index is -0.901. The van der Waals surface area contributed by atoms with Gasteiger partial charge in [-0.2, -0.15) is 0 Å². The van der Waals surface area contributed by atoms with Gasteiger partial charge in [-0.15, -0.1) is 0 Å². The molecule has 0 aromatic heterocycles. The van der Waals surface area contributed by atoms with Crippen molar-refractivity contribution in [2.24, 2.45) is 0 Å². The van der Waals surface area contributed by atoms with Crippen LogP contribution in [0.3, 0.4) is 0 Å². The average Bonchev–Trinajstić information content (AvgIpc) is 1.87. The molecule has 3 heteroatoms. The zero-order chi connectivity index (χ0) is 8.15. The van der Waals surface area contributed by atoms with Crippen molar-refractivity contribution in [3.8, 4) is 0 Å². The smallest absolute Gasteiger partial charge is 0.182 e. The molecule has 0 saturated heterocycles. The Morgan fingerprint density at radius 2 is 2.00 bits per heavy atom. The molecule has 0 fully saturated rings. The Labute approximate surface area is 58.7 Å². The van der Waals surface area contributed by atoms with E-state index in [-0.39, 0.29) is 0 Å². The van der Waals surface area contributed by atoms with Crippen LogP contribution in [0.5, 0.6) is 0 Å². The second kappa shape index (κ2) is 4.04. The third kappa shape index (κ3) is 2.62. The van der Waals surface area contributed by atoms with Crippen molar-refractivity contribution in [2.45, 2.75) is 20.3 Å². The van der Waals surface area contributed by atoms with Crippen molar-refractivity contribution in [2.75, 3.05) is 0 Å². The summed E-state index contributed by atoms with van der Waals surface area (Å²) in [6, 6.07) is 0. The van der Waals surface area contributed by atoms with Gasteiger partial charge < -0.3 is 5.11 Å². The first-order chi connectivity index (χ1) is 4.59. The van der Waals surface area contributed by atoms with Crippen molar-refractivity contribution in [1.82, 2.24) is 0 Å². The molecule has 0 aliphatic heterocycles. The molecule has 0 unspecified atom stereocenters. The largest absolute Gasteiger partial charge is 0.503 e. The fraction of sp³-hybridized carbons (Fsp3) is 0.429. The summed E-state index contributed by atoms with van der Waals surface area (Å²) in [7, 11) is 0. The molecule has 0 bridgehead atoms. The number of hydrogen-bond donors (Lipinski definition) is 1. The van der Waals surface area contributed by atoms with Crippen LogP contribution in [0.1, 0.15) is 20.3 Å². The van der Waals surface area contributed by atoms with Crippen molar-refractivity contribution < 1.29 is 13.9 Å². The Bertz CT molecular complexity index is 166. The summed E-state index contributed by atoms with van der Waals surface area (Å²) in [6.07, 6.45) is 1.54. The summed E-state index contributed by atoms with van der Waals surface area (Å²) >= 11 is 0. The first-order valence-electron chi connectivity index (χ1n) is 3.01.